The summed E-state index contributed by atoms with van der Waals surface area (Å²) in [5.74, 6) is 0.239. The number of nitrogens with one attached hydrogen (secondary N) is 2. The van der Waals surface area contributed by atoms with Crippen LogP contribution in [-0.2, 0) is 11.3 Å². The summed E-state index contributed by atoms with van der Waals surface area (Å²) in [4.78, 5) is 24.0. The van der Waals surface area contributed by atoms with E-state index in [0.29, 0.717) is 18.7 Å². The van der Waals surface area contributed by atoms with Crippen molar-refractivity contribution in [1.29, 1.82) is 0 Å². The molecule has 2 aromatic carbocycles. The van der Waals surface area contributed by atoms with Gasteiger partial charge in [0.15, 0.2) is 0 Å². The van der Waals surface area contributed by atoms with Crippen LogP contribution in [0.3, 0.4) is 0 Å². The van der Waals surface area contributed by atoms with Crippen molar-refractivity contribution in [3.8, 4) is 5.75 Å². The molecule has 0 unspecified atom stereocenters. The van der Waals surface area contributed by atoms with Crippen LogP contribution in [0.5, 0.6) is 5.75 Å². The molecule has 0 saturated carbocycles. The van der Waals surface area contributed by atoms with Crippen molar-refractivity contribution in [1.82, 2.24) is 10.6 Å². The quantitative estimate of drug-likeness (QED) is 0.680. The second-order valence-electron chi connectivity index (χ2n) is 6.11. The predicted octanol–water partition coefficient (Wildman–Crippen LogP) is 3.22. The number of amides is 2. The number of hydrogen-bond acceptors (Lipinski definition) is 3. The van der Waals surface area contributed by atoms with Crippen LogP contribution in [0, 0.1) is 6.92 Å². The number of aryl methyl sites for hydroxylation is 1. The van der Waals surface area contributed by atoms with Crippen molar-refractivity contribution in [2.75, 3.05) is 13.2 Å². The Bertz CT molecular complexity index is 726. The fourth-order valence-electron chi connectivity index (χ4n) is 2.36. The predicted molar refractivity (Wildman–Crippen MR) is 102 cm³/mol. The van der Waals surface area contributed by atoms with Gasteiger partial charge < -0.3 is 15.4 Å². The van der Waals surface area contributed by atoms with Gasteiger partial charge in [-0.2, -0.15) is 0 Å². The van der Waals surface area contributed by atoms with E-state index in [1.165, 1.54) is 0 Å². The first-order valence-electron chi connectivity index (χ1n) is 8.92. The minimum atomic E-state index is -0.281. The third-order valence-corrected chi connectivity index (χ3v) is 4.03. The van der Waals surface area contributed by atoms with Gasteiger partial charge in [-0.1, -0.05) is 37.6 Å². The van der Waals surface area contributed by atoms with Crippen LogP contribution in [0.1, 0.15) is 41.3 Å². The zero-order chi connectivity index (χ0) is 18.8. The number of ether oxygens (including phenoxy) is 1. The maximum atomic E-state index is 12.1. The molecular formula is C21H26N2O3. The minimum Gasteiger partial charge on any atom is -0.494 e. The molecule has 0 aliphatic heterocycles. The first kappa shape index (κ1) is 19.5. The molecule has 0 spiro atoms. The summed E-state index contributed by atoms with van der Waals surface area (Å²) in [6.07, 6.45) is 2.08. The summed E-state index contributed by atoms with van der Waals surface area (Å²) < 4.78 is 5.57. The van der Waals surface area contributed by atoms with E-state index in [9.17, 15) is 9.59 Å². The van der Waals surface area contributed by atoms with Crippen molar-refractivity contribution < 1.29 is 14.3 Å². The van der Waals surface area contributed by atoms with Crippen molar-refractivity contribution >= 4 is 11.8 Å². The molecule has 0 aliphatic rings. The fraction of sp³-hybridized carbons (Fsp3) is 0.333. The monoisotopic (exact) mass is 354 g/mol. The Kier molecular flexibility index (Phi) is 7.68. The first-order valence-corrected chi connectivity index (χ1v) is 8.92. The second kappa shape index (κ2) is 10.2. The average Bonchev–Trinajstić information content (AvgIpc) is 2.66. The largest absolute Gasteiger partial charge is 0.494 e. The van der Waals surface area contributed by atoms with Gasteiger partial charge >= 0.3 is 0 Å². The Hall–Kier alpha value is -2.82. The Morgan fingerprint density at radius 3 is 2.42 bits per heavy atom. The molecule has 2 rings (SSSR count). The van der Waals surface area contributed by atoms with E-state index in [2.05, 4.69) is 17.6 Å². The Morgan fingerprint density at radius 1 is 1.00 bits per heavy atom. The number of benzene rings is 2. The van der Waals surface area contributed by atoms with E-state index in [1.54, 1.807) is 24.3 Å². The van der Waals surface area contributed by atoms with Gasteiger partial charge in [-0.3, -0.25) is 9.59 Å². The van der Waals surface area contributed by atoms with E-state index in [0.717, 1.165) is 29.7 Å². The minimum absolute atomic E-state index is 0.0561. The van der Waals surface area contributed by atoms with Crippen LogP contribution in [0.25, 0.3) is 0 Å². The molecular weight excluding hydrogens is 328 g/mol. The van der Waals surface area contributed by atoms with Crippen LogP contribution in [0.2, 0.25) is 0 Å². The van der Waals surface area contributed by atoms with Crippen LogP contribution in [0.4, 0.5) is 0 Å². The second-order valence-corrected chi connectivity index (χ2v) is 6.11. The summed E-state index contributed by atoms with van der Waals surface area (Å²) in [5, 5.41) is 5.44. The Balaban J connectivity index is 1.75. The average molecular weight is 354 g/mol. The number of carbonyl (C=O) groups is 2. The van der Waals surface area contributed by atoms with Crippen LogP contribution in [0.15, 0.2) is 48.5 Å². The van der Waals surface area contributed by atoms with Gasteiger partial charge in [-0.25, -0.2) is 0 Å². The van der Waals surface area contributed by atoms with Gasteiger partial charge in [0.2, 0.25) is 5.91 Å². The Morgan fingerprint density at radius 2 is 1.73 bits per heavy atom. The van der Waals surface area contributed by atoms with E-state index >= 15 is 0 Å². The molecule has 0 heterocycles. The smallest absolute Gasteiger partial charge is 0.251 e. The maximum absolute atomic E-state index is 12.1. The highest BCUT2D eigenvalue weighted by atomic mass is 16.5. The third-order valence-electron chi connectivity index (χ3n) is 4.03. The zero-order valence-corrected chi connectivity index (χ0v) is 15.4. The lowest BCUT2D eigenvalue weighted by molar-refractivity contribution is -0.120. The van der Waals surface area contributed by atoms with Gasteiger partial charge in [0.1, 0.15) is 5.75 Å². The molecule has 26 heavy (non-hydrogen) atoms. The molecule has 2 aromatic rings. The number of hydrogen-bond donors (Lipinski definition) is 2. The molecule has 0 fully saturated rings. The Labute approximate surface area is 154 Å². The summed E-state index contributed by atoms with van der Waals surface area (Å²) in [6.45, 7) is 5.17. The molecule has 0 bridgehead atoms. The van der Waals surface area contributed by atoms with E-state index in [4.69, 9.17) is 4.74 Å². The molecule has 0 aromatic heterocycles. The van der Waals surface area contributed by atoms with E-state index < -0.39 is 0 Å². The van der Waals surface area contributed by atoms with Crippen molar-refractivity contribution in [3.63, 3.8) is 0 Å². The topological polar surface area (TPSA) is 67.4 Å². The first-order chi connectivity index (χ1) is 12.6. The van der Waals surface area contributed by atoms with E-state index in [-0.39, 0.29) is 18.4 Å². The fourth-order valence-corrected chi connectivity index (χ4v) is 2.36. The van der Waals surface area contributed by atoms with Gasteiger partial charge in [0.25, 0.3) is 5.91 Å². The third kappa shape index (κ3) is 6.24. The number of rotatable bonds is 9. The molecule has 0 atom stereocenters. The van der Waals surface area contributed by atoms with Crippen LogP contribution >= 0.6 is 0 Å². The van der Waals surface area contributed by atoms with Gasteiger partial charge in [-0.05, 0) is 48.7 Å². The molecule has 2 amide bonds. The highest BCUT2D eigenvalue weighted by Gasteiger charge is 2.08. The molecule has 0 saturated heterocycles. The van der Waals surface area contributed by atoms with Crippen molar-refractivity contribution in [3.05, 3.63) is 65.2 Å². The zero-order valence-electron chi connectivity index (χ0n) is 15.4. The summed E-state index contributed by atoms with van der Waals surface area (Å²) in [5.41, 5.74) is 2.68. The molecule has 5 heteroatoms. The van der Waals surface area contributed by atoms with Crippen LogP contribution in [-0.4, -0.2) is 25.0 Å². The number of carbonyl (C=O) groups excluding carboxylic acids is 2. The lowest BCUT2D eigenvalue weighted by Crippen LogP contribution is -2.36. The molecule has 0 radical (unpaired) electrons. The lowest BCUT2D eigenvalue weighted by Gasteiger charge is -2.09. The maximum Gasteiger partial charge on any atom is 0.251 e. The highest BCUT2D eigenvalue weighted by molar-refractivity contribution is 5.96. The van der Waals surface area contributed by atoms with Gasteiger partial charge in [0, 0.05) is 12.1 Å². The van der Waals surface area contributed by atoms with Crippen molar-refractivity contribution in [2.45, 2.75) is 33.2 Å². The molecule has 0 aliphatic carbocycles. The van der Waals surface area contributed by atoms with Crippen LogP contribution < -0.4 is 15.4 Å². The highest BCUT2D eigenvalue weighted by Crippen LogP contribution is 2.12. The molecule has 2 N–H and O–H groups in total. The summed E-state index contributed by atoms with van der Waals surface area (Å²) in [6, 6.07) is 14.8. The molecule has 5 nitrogen and oxygen atoms in total. The normalized spacial score (nSPS) is 10.2. The van der Waals surface area contributed by atoms with Gasteiger partial charge in [-0.15, -0.1) is 0 Å². The van der Waals surface area contributed by atoms with Gasteiger partial charge in [0.05, 0.1) is 13.2 Å². The molecule has 138 valence electrons. The number of unbranched alkanes of at least 4 members (excludes halogenated alkanes) is 1. The lowest BCUT2D eigenvalue weighted by atomic mass is 10.1. The SMILES string of the molecule is CCCCOc1ccc(C(=O)NCC(=O)NCc2ccccc2C)cc1. The van der Waals surface area contributed by atoms with E-state index in [1.807, 2.05) is 31.2 Å². The summed E-state index contributed by atoms with van der Waals surface area (Å²) >= 11 is 0. The van der Waals surface area contributed by atoms with Crippen molar-refractivity contribution in [2.24, 2.45) is 0 Å². The standard InChI is InChI=1S/C21H26N2O3/c1-3-4-13-26-19-11-9-17(10-12-19)21(25)23-15-20(24)22-14-18-8-6-5-7-16(18)2/h5-12H,3-4,13-15H2,1-2H3,(H,22,24)(H,23,25). The summed E-state index contributed by atoms with van der Waals surface area (Å²) in [7, 11) is 0.